The van der Waals surface area contributed by atoms with Gasteiger partial charge in [-0.1, -0.05) is 20.8 Å². The van der Waals surface area contributed by atoms with E-state index in [0.29, 0.717) is 19.0 Å². The van der Waals surface area contributed by atoms with Gasteiger partial charge in [-0.25, -0.2) is 0 Å². The van der Waals surface area contributed by atoms with Crippen LogP contribution in [0.15, 0.2) is 18.2 Å². The minimum atomic E-state index is -0.203. The molecule has 0 spiro atoms. The van der Waals surface area contributed by atoms with Gasteiger partial charge in [0.05, 0.1) is 5.56 Å². The summed E-state index contributed by atoms with van der Waals surface area (Å²) in [5, 5.41) is 19.2. The molecule has 1 aliphatic rings. The van der Waals surface area contributed by atoms with Crippen molar-refractivity contribution in [2.45, 2.75) is 33.6 Å². The number of phenols is 2. The Kier molecular flexibility index (Phi) is 3.93. The molecule has 110 valence electrons. The largest absolute Gasteiger partial charge is 0.508 e. The average Bonchev–Trinajstić information content (AvgIpc) is 2.40. The second kappa shape index (κ2) is 5.35. The number of hydrogen-bond donors (Lipinski definition) is 2. The fraction of sp³-hybridized carbons (Fsp3) is 0.562. The number of carbonyl (C=O) groups is 1. The maximum atomic E-state index is 12.4. The molecule has 0 unspecified atom stereocenters. The first-order chi connectivity index (χ1) is 9.29. The second-order valence-electron chi connectivity index (χ2n) is 6.63. The number of carbonyl (C=O) groups excluding carboxylic acids is 1. The van der Waals surface area contributed by atoms with Crippen LogP contribution < -0.4 is 0 Å². The number of likely N-dealkylation sites (tertiary alicyclic amines) is 1. The molecule has 1 aromatic rings. The van der Waals surface area contributed by atoms with Crippen molar-refractivity contribution in [1.29, 1.82) is 0 Å². The highest BCUT2D eigenvalue weighted by Crippen LogP contribution is 2.35. The number of aromatic hydroxyl groups is 2. The lowest BCUT2D eigenvalue weighted by Crippen LogP contribution is -2.41. The maximum Gasteiger partial charge on any atom is 0.257 e. The van der Waals surface area contributed by atoms with Gasteiger partial charge in [-0.05, 0) is 42.4 Å². The molecule has 2 N–H and O–H groups in total. The van der Waals surface area contributed by atoms with Crippen molar-refractivity contribution in [1.82, 2.24) is 4.90 Å². The summed E-state index contributed by atoms with van der Waals surface area (Å²) in [6, 6.07) is 4.05. The number of piperidine rings is 1. The maximum absolute atomic E-state index is 12.4. The number of benzene rings is 1. The monoisotopic (exact) mass is 277 g/mol. The predicted molar refractivity (Wildman–Crippen MR) is 77.9 cm³/mol. The van der Waals surface area contributed by atoms with Crippen LogP contribution in [0.1, 0.15) is 44.0 Å². The molecule has 2 rings (SSSR count). The minimum Gasteiger partial charge on any atom is -0.508 e. The molecule has 1 aromatic carbocycles. The average molecular weight is 277 g/mol. The van der Waals surface area contributed by atoms with Gasteiger partial charge < -0.3 is 15.1 Å². The highest BCUT2D eigenvalue weighted by molar-refractivity contribution is 5.97. The van der Waals surface area contributed by atoms with E-state index in [0.717, 1.165) is 12.8 Å². The summed E-state index contributed by atoms with van der Waals surface area (Å²) in [5.41, 5.74) is 0.446. The number of phenolic OH excluding ortho intramolecular Hbond substituents is 2. The first-order valence-electron chi connectivity index (χ1n) is 7.10. The third kappa shape index (κ3) is 3.06. The number of amides is 1. The van der Waals surface area contributed by atoms with Gasteiger partial charge in [0.1, 0.15) is 11.5 Å². The highest BCUT2D eigenvalue weighted by atomic mass is 16.3. The Balaban J connectivity index is 2.07. The van der Waals surface area contributed by atoms with E-state index in [2.05, 4.69) is 20.8 Å². The Morgan fingerprint density at radius 3 is 2.35 bits per heavy atom. The van der Waals surface area contributed by atoms with Gasteiger partial charge in [0.15, 0.2) is 0 Å². The Hall–Kier alpha value is -1.71. The molecule has 0 saturated carbocycles. The van der Waals surface area contributed by atoms with E-state index in [1.807, 2.05) is 0 Å². The first-order valence-corrected chi connectivity index (χ1v) is 7.10. The molecule has 1 amide bonds. The van der Waals surface area contributed by atoms with Gasteiger partial charge in [0, 0.05) is 13.1 Å². The van der Waals surface area contributed by atoms with Crippen LogP contribution in [-0.2, 0) is 0 Å². The molecular weight excluding hydrogens is 254 g/mol. The van der Waals surface area contributed by atoms with Crippen molar-refractivity contribution >= 4 is 5.91 Å². The van der Waals surface area contributed by atoms with Crippen molar-refractivity contribution in [2.75, 3.05) is 13.1 Å². The van der Waals surface area contributed by atoms with Gasteiger partial charge in [-0.3, -0.25) is 4.79 Å². The zero-order chi connectivity index (χ0) is 14.9. The summed E-state index contributed by atoms with van der Waals surface area (Å²) in [7, 11) is 0. The summed E-state index contributed by atoms with van der Waals surface area (Å²) >= 11 is 0. The minimum absolute atomic E-state index is 0.00396. The summed E-state index contributed by atoms with van der Waals surface area (Å²) in [4.78, 5) is 14.1. The summed E-state index contributed by atoms with van der Waals surface area (Å²) in [5.74, 6) is 0.330. The lowest BCUT2D eigenvalue weighted by atomic mass is 9.75. The van der Waals surface area contributed by atoms with Crippen molar-refractivity contribution in [3.63, 3.8) is 0 Å². The van der Waals surface area contributed by atoms with E-state index in [9.17, 15) is 15.0 Å². The Morgan fingerprint density at radius 2 is 1.80 bits per heavy atom. The van der Waals surface area contributed by atoms with Crippen molar-refractivity contribution in [3.8, 4) is 11.5 Å². The third-order valence-electron chi connectivity index (χ3n) is 4.22. The van der Waals surface area contributed by atoms with Crippen LogP contribution in [0.25, 0.3) is 0 Å². The molecular formula is C16H23NO3. The molecule has 1 fully saturated rings. The topological polar surface area (TPSA) is 60.8 Å². The van der Waals surface area contributed by atoms with Gasteiger partial charge in [0.2, 0.25) is 0 Å². The lowest BCUT2D eigenvalue weighted by Gasteiger charge is -2.38. The molecule has 0 aliphatic carbocycles. The molecule has 4 nitrogen and oxygen atoms in total. The molecule has 0 bridgehead atoms. The van der Waals surface area contributed by atoms with Gasteiger partial charge >= 0.3 is 0 Å². The number of rotatable bonds is 1. The molecule has 1 saturated heterocycles. The normalized spacial score (nSPS) is 17.2. The van der Waals surface area contributed by atoms with Crippen LogP contribution in [0.2, 0.25) is 0 Å². The van der Waals surface area contributed by atoms with Crippen LogP contribution >= 0.6 is 0 Å². The first kappa shape index (κ1) is 14.7. The van der Waals surface area contributed by atoms with E-state index in [-0.39, 0.29) is 28.4 Å². The van der Waals surface area contributed by atoms with E-state index >= 15 is 0 Å². The van der Waals surface area contributed by atoms with Crippen LogP contribution in [0.5, 0.6) is 11.5 Å². The smallest absolute Gasteiger partial charge is 0.257 e. The molecule has 20 heavy (non-hydrogen) atoms. The number of hydrogen-bond acceptors (Lipinski definition) is 3. The fourth-order valence-corrected chi connectivity index (χ4v) is 2.81. The van der Waals surface area contributed by atoms with Gasteiger partial charge in [-0.15, -0.1) is 0 Å². The third-order valence-corrected chi connectivity index (χ3v) is 4.22. The lowest BCUT2D eigenvalue weighted by molar-refractivity contribution is 0.0605. The molecule has 1 aliphatic heterocycles. The van der Waals surface area contributed by atoms with Crippen LogP contribution in [0, 0.1) is 11.3 Å². The van der Waals surface area contributed by atoms with Crippen molar-refractivity contribution in [3.05, 3.63) is 23.8 Å². The zero-order valence-electron chi connectivity index (χ0n) is 12.4. The van der Waals surface area contributed by atoms with Crippen molar-refractivity contribution < 1.29 is 15.0 Å². The Labute approximate surface area is 120 Å². The molecule has 0 radical (unpaired) electrons. The van der Waals surface area contributed by atoms with Gasteiger partial charge in [0.25, 0.3) is 5.91 Å². The second-order valence-corrected chi connectivity index (χ2v) is 6.63. The van der Waals surface area contributed by atoms with E-state index < -0.39 is 0 Å². The van der Waals surface area contributed by atoms with Gasteiger partial charge in [-0.2, -0.15) is 0 Å². The van der Waals surface area contributed by atoms with Crippen LogP contribution in [0.3, 0.4) is 0 Å². The standard InChI is InChI=1S/C16H23NO3/c1-16(2,3)11-6-8-17(9-7-11)15(20)13-10-12(18)4-5-14(13)19/h4-5,10-11,18-19H,6-9H2,1-3H3. The summed E-state index contributed by atoms with van der Waals surface area (Å²) in [6.45, 7) is 8.11. The quantitative estimate of drug-likeness (QED) is 0.776. The number of nitrogens with zero attached hydrogens (tertiary/aromatic N) is 1. The highest BCUT2D eigenvalue weighted by Gasteiger charge is 2.31. The predicted octanol–water partition coefficient (Wildman–Crippen LogP) is 3.00. The fourth-order valence-electron chi connectivity index (χ4n) is 2.81. The van der Waals surface area contributed by atoms with E-state index in [1.165, 1.54) is 18.2 Å². The molecule has 0 aromatic heterocycles. The van der Waals surface area contributed by atoms with E-state index in [4.69, 9.17) is 0 Å². The van der Waals surface area contributed by atoms with Crippen LogP contribution in [0.4, 0.5) is 0 Å². The molecule has 4 heteroatoms. The summed E-state index contributed by atoms with van der Waals surface area (Å²) < 4.78 is 0. The van der Waals surface area contributed by atoms with Crippen LogP contribution in [-0.4, -0.2) is 34.1 Å². The van der Waals surface area contributed by atoms with Crippen molar-refractivity contribution in [2.24, 2.45) is 11.3 Å². The zero-order valence-corrected chi connectivity index (χ0v) is 12.4. The Bertz CT molecular complexity index is 497. The Morgan fingerprint density at radius 1 is 1.20 bits per heavy atom. The van der Waals surface area contributed by atoms with E-state index in [1.54, 1.807) is 4.90 Å². The molecule has 1 heterocycles. The SMILES string of the molecule is CC(C)(C)C1CCN(C(=O)c2cc(O)ccc2O)CC1. The summed E-state index contributed by atoms with van der Waals surface area (Å²) in [6.07, 6.45) is 1.96. The molecule has 0 atom stereocenters.